The van der Waals surface area contributed by atoms with Gasteiger partial charge >= 0.3 is 0 Å². The van der Waals surface area contributed by atoms with Crippen LogP contribution < -0.4 is 10.1 Å². The van der Waals surface area contributed by atoms with Crippen molar-refractivity contribution in [3.05, 3.63) is 113 Å². The van der Waals surface area contributed by atoms with Crippen LogP contribution in [0.15, 0.2) is 90.3 Å². The molecule has 1 amide bonds. The van der Waals surface area contributed by atoms with Crippen LogP contribution in [0.25, 0.3) is 0 Å². The largest absolute Gasteiger partial charge is 0.484 e. The van der Waals surface area contributed by atoms with Crippen molar-refractivity contribution in [2.75, 3.05) is 7.05 Å². The Bertz CT molecular complexity index is 1600. The van der Waals surface area contributed by atoms with Gasteiger partial charge in [-0.2, -0.15) is 0 Å². The van der Waals surface area contributed by atoms with E-state index in [1.54, 1.807) is 36.8 Å². The Labute approximate surface area is 227 Å². The summed E-state index contributed by atoms with van der Waals surface area (Å²) in [5.74, 6) is -0.309. The molecule has 5 rings (SSSR count). The van der Waals surface area contributed by atoms with E-state index in [1.165, 1.54) is 19.2 Å². The van der Waals surface area contributed by atoms with Gasteiger partial charge in [0.1, 0.15) is 11.9 Å². The smallest absolute Gasteiger partial charge is 0.251 e. The van der Waals surface area contributed by atoms with Crippen molar-refractivity contribution in [3.63, 3.8) is 0 Å². The van der Waals surface area contributed by atoms with Crippen molar-refractivity contribution in [1.82, 2.24) is 14.9 Å². The Morgan fingerprint density at radius 1 is 1.08 bits per heavy atom. The zero-order valence-electron chi connectivity index (χ0n) is 21.5. The fourth-order valence-corrected chi connectivity index (χ4v) is 6.37. The molecule has 1 heterocycles. The molecule has 4 aromatic rings. The van der Waals surface area contributed by atoms with Crippen LogP contribution in [-0.2, 0) is 28.6 Å². The zero-order chi connectivity index (χ0) is 27.4. The molecule has 9 heteroatoms. The van der Waals surface area contributed by atoms with E-state index in [1.807, 2.05) is 41.1 Å². The highest BCUT2D eigenvalue weighted by Gasteiger charge is 2.28. The number of rotatable bonds is 9. The molecule has 0 unspecified atom stereocenters. The van der Waals surface area contributed by atoms with E-state index in [4.69, 9.17) is 4.74 Å². The average Bonchev–Trinajstić information content (AvgIpc) is 3.47. The lowest BCUT2D eigenvalue weighted by Gasteiger charge is -2.26. The van der Waals surface area contributed by atoms with Crippen LogP contribution in [-0.4, -0.2) is 36.7 Å². The van der Waals surface area contributed by atoms with E-state index in [2.05, 4.69) is 10.3 Å². The minimum atomic E-state index is -3.89. The van der Waals surface area contributed by atoms with Crippen molar-refractivity contribution < 1.29 is 22.7 Å². The Hall–Kier alpha value is -4.24. The highest BCUT2D eigenvalue weighted by molar-refractivity contribution is 7.90. The Balaban J connectivity index is 1.57. The number of fused-ring (bicyclic) bond motifs is 1. The molecule has 39 heavy (non-hydrogen) atoms. The predicted octanol–water partition coefficient (Wildman–Crippen LogP) is 4.56. The normalized spacial score (nSPS) is 13.9. The van der Waals surface area contributed by atoms with E-state index in [-0.39, 0.29) is 27.9 Å². The van der Waals surface area contributed by atoms with Crippen LogP contribution in [0.2, 0.25) is 0 Å². The van der Waals surface area contributed by atoms with Gasteiger partial charge in [-0.1, -0.05) is 36.4 Å². The number of ether oxygens (including phenoxy) is 1. The molecule has 8 nitrogen and oxygen atoms in total. The molecule has 0 spiro atoms. The van der Waals surface area contributed by atoms with Crippen molar-refractivity contribution in [2.45, 2.75) is 42.6 Å². The first-order valence-corrected chi connectivity index (χ1v) is 14.4. The number of nitrogens with one attached hydrogen (secondary N) is 1. The minimum absolute atomic E-state index is 0.00101. The summed E-state index contributed by atoms with van der Waals surface area (Å²) >= 11 is 0. The highest BCUT2D eigenvalue weighted by atomic mass is 32.2. The van der Waals surface area contributed by atoms with Crippen LogP contribution in [0.4, 0.5) is 0 Å². The number of amides is 1. The van der Waals surface area contributed by atoms with Crippen LogP contribution in [0.3, 0.4) is 0 Å². The number of aromatic nitrogens is 2. The number of sulfone groups is 1. The topological polar surface area (TPSA) is 107 Å². The zero-order valence-corrected chi connectivity index (χ0v) is 22.4. The molecule has 0 fully saturated rings. The number of hydrogen-bond acceptors (Lipinski definition) is 6. The summed E-state index contributed by atoms with van der Waals surface area (Å²) in [5.41, 5.74) is 2.92. The number of nitrogens with zero attached hydrogens (tertiary/aromatic N) is 2. The first kappa shape index (κ1) is 26.4. The molecule has 0 saturated carbocycles. The highest BCUT2D eigenvalue weighted by Crippen LogP contribution is 2.36. The molecule has 3 aromatic carbocycles. The second-order valence-corrected chi connectivity index (χ2v) is 11.5. The van der Waals surface area contributed by atoms with Gasteiger partial charge in [-0.05, 0) is 54.3 Å². The maximum absolute atomic E-state index is 13.7. The van der Waals surface area contributed by atoms with Crippen LogP contribution >= 0.6 is 0 Å². The number of carbonyl (C=O) groups is 2. The van der Waals surface area contributed by atoms with Crippen molar-refractivity contribution in [3.8, 4) is 5.75 Å². The molecule has 1 atom stereocenters. The molecule has 0 saturated heterocycles. The lowest BCUT2D eigenvalue weighted by Crippen LogP contribution is -2.20. The quantitative estimate of drug-likeness (QED) is 0.332. The third kappa shape index (κ3) is 5.78. The minimum Gasteiger partial charge on any atom is -0.484 e. The summed E-state index contributed by atoms with van der Waals surface area (Å²) in [5, 5.41) is 2.52. The van der Waals surface area contributed by atoms with Gasteiger partial charge in [0, 0.05) is 42.6 Å². The van der Waals surface area contributed by atoms with Gasteiger partial charge in [0.2, 0.25) is 0 Å². The summed E-state index contributed by atoms with van der Waals surface area (Å²) in [6, 6.07) is 19.1. The molecule has 1 aliphatic carbocycles. The first-order chi connectivity index (χ1) is 18.9. The first-order valence-electron chi connectivity index (χ1n) is 12.8. The molecule has 0 aliphatic heterocycles. The molecule has 0 radical (unpaired) electrons. The lowest BCUT2D eigenvalue weighted by molar-refractivity contribution is 0.0958. The second-order valence-electron chi connectivity index (χ2n) is 9.49. The fraction of sp³-hybridized carbons (Fsp3) is 0.233. The van der Waals surface area contributed by atoms with Gasteiger partial charge in [-0.3, -0.25) is 9.59 Å². The van der Waals surface area contributed by atoms with E-state index in [9.17, 15) is 18.0 Å². The third-order valence-electron chi connectivity index (χ3n) is 6.91. The molecule has 1 aromatic heterocycles. The molecule has 1 aliphatic rings. The number of benzene rings is 3. The van der Waals surface area contributed by atoms with Gasteiger partial charge in [-0.25, -0.2) is 13.4 Å². The number of Topliss-reactive ketones (excluding diaryl/α,β-unsaturated/α-hetero) is 1. The predicted molar refractivity (Wildman–Crippen MR) is 146 cm³/mol. The van der Waals surface area contributed by atoms with E-state index in [0.717, 1.165) is 5.56 Å². The Morgan fingerprint density at radius 3 is 2.64 bits per heavy atom. The van der Waals surface area contributed by atoms with E-state index < -0.39 is 15.9 Å². The molecule has 1 N–H and O–H groups in total. The number of hydrogen-bond donors (Lipinski definition) is 1. The van der Waals surface area contributed by atoms with Gasteiger partial charge < -0.3 is 14.6 Å². The maximum atomic E-state index is 13.7. The van der Waals surface area contributed by atoms with Gasteiger partial charge in [0.25, 0.3) is 5.91 Å². The Morgan fingerprint density at radius 2 is 1.90 bits per heavy atom. The van der Waals surface area contributed by atoms with E-state index in [0.29, 0.717) is 48.2 Å². The lowest BCUT2D eigenvalue weighted by atomic mass is 9.87. The number of imidazole rings is 1. The molecule has 200 valence electrons. The third-order valence-corrected chi connectivity index (χ3v) is 8.55. The van der Waals surface area contributed by atoms with Crippen LogP contribution in [0.1, 0.15) is 56.4 Å². The van der Waals surface area contributed by atoms with Gasteiger partial charge in [0.05, 0.1) is 23.5 Å². The van der Waals surface area contributed by atoms with Gasteiger partial charge in [-0.15, -0.1) is 0 Å². The average molecular weight is 544 g/mol. The summed E-state index contributed by atoms with van der Waals surface area (Å²) in [6.45, 7) is 0.459. The van der Waals surface area contributed by atoms with Crippen molar-refractivity contribution >= 4 is 21.5 Å². The summed E-state index contributed by atoms with van der Waals surface area (Å²) in [4.78, 5) is 29.1. The number of ketones is 1. The molecular formula is C30H29N3O5S. The monoisotopic (exact) mass is 543 g/mol. The van der Waals surface area contributed by atoms with Crippen molar-refractivity contribution in [2.24, 2.45) is 0 Å². The van der Waals surface area contributed by atoms with Crippen LogP contribution in [0.5, 0.6) is 5.75 Å². The fourth-order valence-electron chi connectivity index (χ4n) is 4.91. The second kappa shape index (κ2) is 11.2. The van der Waals surface area contributed by atoms with Crippen LogP contribution in [0, 0.1) is 0 Å². The summed E-state index contributed by atoms with van der Waals surface area (Å²) < 4.78 is 35.9. The van der Waals surface area contributed by atoms with E-state index >= 15 is 0 Å². The number of carbonyl (C=O) groups excluding carboxylic acids is 2. The SMILES string of the molecule is CNC(=O)c1cccc(S(=O)(=O)Cc2c(O[C@H](Cn3ccnc3)c3ccccc3)ccc3c2CCCC3=O)c1. The Kier molecular flexibility index (Phi) is 7.60. The molecular weight excluding hydrogens is 514 g/mol. The summed E-state index contributed by atoms with van der Waals surface area (Å²) in [6.07, 6.45) is 6.46. The maximum Gasteiger partial charge on any atom is 0.251 e. The molecule has 0 bridgehead atoms. The van der Waals surface area contributed by atoms with Gasteiger partial charge in [0.15, 0.2) is 15.6 Å². The standard InChI is InChI=1S/C30H29N3O5S/c1-31-30(35)22-9-5-10-23(17-22)39(36,37)19-26-24-11-6-12-27(34)25(24)13-14-28(26)38-29(18-33-16-15-32-20-33)21-7-3-2-4-8-21/h2-5,7-10,13-17,20,29H,6,11-12,18-19H2,1H3,(H,31,35)/t29-/m1/s1. The summed E-state index contributed by atoms with van der Waals surface area (Å²) in [7, 11) is -2.39. The van der Waals surface area contributed by atoms with Crippen molar-refractivity contribution in [1.29, 1.82) is 0 Å².